The van der Waals surface area contributed by atoms with Crippen molar-refractivity contribution in [2.45, 2.75) is 138 Å². The van der Waals surface area contributed by atoms with Crippen LogP contribution in [-0.2, 0) is 35.1 Å². The summed E-state index contributed by atoms with van der Waals surface area (Å²) < 4.78 is 21.3. The molecule has 0 spiro atoms. The highest BCUT2D eigenvalue weighted by Crippen LogP contribution is 2.73. The van der Waals surface area contributed by atoms with Crippen LogP contribution >= 0.6 is 0 Å². The van der Waals surface area contributed by atoms with Gasteiger partial charge in [-0.05, 0) is 150 Å². The summed E-state index contributed by atoms with van der Waals surface area (Å²) in [5.41, 5.74) is -0.265. The van der Waals surface area contributed by atoms with Crippen LogP contribution in [0.4, 0.5) is 30.6 Å². The summed E-state index contributed by atoms with van der Waals surface area (Å²) in [6, 6.07) is 14.6. The highest BCUT2D eigenvalue weighted by Gasteiger charge is 2.74. The first-order chi connectivity index (χ1) is 30.0. The van der Waals surface area contributed by atoms with Crippen LogP contribution in [0.1, 0.15) is 120 Å². The Morgan fingerprint density at radius 1 is 0.600 bits per heavy atom. The van der Waals surface area contributed by atoms with E-state index < -0.39 is 57.6 Å². The van der Waals surface area contributed by atoms with Gasteiger partial charge in [-0.15, -0.1) is 9.98 Å². The number of ether oxygens (including phenoxy) is 4. The van der Waals surface area contributed by atoms with Crippen molar-refractivity contribution in [1.29, 1.82) is 0 Å². The SMILES string of the molecule is CC(C)(C)OC(=O)/N=C(/NCc1ccc(NC(=O)C23CC(C(=O)Nc4ccc(C5=CCN(/C(=N\C(=O)OC(C)(C)C)NC(=O)OC(C)(C)C)CC5)cc4)(C2)C3)cc1)NC(=O)OC(C)(C)C. The third-order valence-electron chi connectivity index (χ3n) is 10.1. The van der Waals surface area contributed by atoms with Crippen molar-refractivity contribution in [3.8, 4) is 0 Å². The first-order valence-electron chi connectivity index (χ1n) is 21.6. The van der Waals surface area contributed by atoms with E-state index in [1.54, 1.807) is 112 Å². The van der Waals surface area contributed by atoms with E-state index in [1.807, 2.05) is 30.3 Å². The number of anilines is 2. The van der Waals surface area contributed by atoms with E-state index >= 15 is 0 Å². The van der Waals surface area contributed by atoms with Crippen molar-refractivity contribution in [3.05, 3.63) is 65.7 Å². The zero-order valence-corrected chi connectivity index (χ0v) is 39.6. The molecular formula is C47H64N8O10. The number of benzene rings is 2. The molecule has 6 amide bonds. The third kappa shape index (κ3) is 14.5. The van der Waals surface area contributed by atoms with E-state index in [9.17, 15) is 28.8 Å². The van der Waals surface area contributed by atoms with Gasteiger partial charge in [-0.25, -0.2) is 19.2 Å². The van der Waals surface area contributed by atoms with E-state index in [-0.39, 0.29) is 30.3 Å². The van der Waals surface area contributed by atoms with E-state index in [1.165, 1.54) is 0 Å². The molecule has 0 saturated heterocycles. The fraction of sp³-hybridized carbons (Fsp3) is 0.532. The lowest BCUT2D eigenvalue weighted by molar-refractivity contribution is -0.201. The Bertz CT molecular complexity index is 2220. The molecule has 2 aromatic rings. The normalized spacial score (nSPS) is 19.8. The van der Waals surface area contributed by atoms with Crippen molar-refractivity contribution in [1.82, 2.24) is 20.9 Å². The minimum Gasteiger partial charge on any atom is -0.444 e. The molecule has 1 heterocycles. The lowest BCUT2D eigenvalue weighted by atomic mass is 9.34. The Balaban J connectivity index is 1.11. The van der Waals surface area contributed by atoms with Crippen LogP contribution in [0.25, 0.3) is 5.57 Å². The van der Waals surface area contributed by atoms with Crippen LogP contribution < -0.4 is 26.6 Å². The van der Waals surface area contributed by atoms with Gasteiger partial charge in [0.1, 0.15) is 22.4 Å². The number of carbonyl (C=O) groups is 6. The first-order valence-corrected chi connectivity index (χ1v) is 21.6. The Morgan fingerprint density at radius 2 is 1.05 bits per heavy atom. The van der Waals surface area contributed by atoms with Gasteiger partial charge in [-0.1, -0.05) is 30.3 Å². The van der Waals surface area contributed by atoms with Gasteiger partial charge < -0.3 is 39.8 Å². The zero-order valence-electron chi connectivity index (χ0n) is 39.6. The summed E-state index contributed by atoms with van der Waals surface area (Å²) in [6.07, 6.45) is 0.678. The molecule has 4 aliphatic rings. The quantitative estimate of drug-likeness (QED) is 0.101. The van der Waals surface area contributed by atoms with Crippen molar-refractivity contribution >= 4 is 65.1 Å². The molecule has 0 aromatic heterocycles. The van der Waals surface area contributed by atoms with Crippen LogP contribution in [0.15, 0.2) is 64.6 Å². The number of alkyl carbamates (subject to hydrolysis) is 2. The number of hydrogen-bond donors (Lipinski definition) is 5. The molecule has 6 rings (SSSR count). The van der Waals surface area contributed by atoms with Gasteiger partial charge in [-0.3, -0.25) is 20.2 Å². The fourth-order valence-corrected chi connectivity index (χ4v) is 7.41. The van der Waals surface area contributed by atoms with Crippen LogP contribution in [0, 0.1) is 10.8 Å². The van der Waals surface area contributed by atoms with Crippen LogP contribution in [0.3, 0.4) is 0 Å². The molecule has 3 saturated carbocycles. The Hall–Kier alpha value is -6.46. The third-order valence-corrected chi connectivity index (χ3v) is 10.1. The lowest BCUT2D eigenvalue weighted by Crippen LogP contribution is -2.70. The largest absolute Gasteiger partial charge is 0.444 e. The number of rotatable bonds is 7. The van der Waals surface area contributed by atoms with E-state index in [0.29, 0.717) is 50.1 Å². The Morgan fingerprint density at radius 3 is 1.49 bits per heavy atom. The maximum atomic E-state index is 13.4. The van der Waals surface area contributed by atoms with E-state index in [0.717, 1.165) is 16.7 Å². The topological polar surface area (TPSA) is 227 Å². The maximum absolute atomic E-state index is 13.4. The average molecular weight is 901 g/mol. The number of nitrogens with zero attached hydrogens (tertiary/aromatic N) is 3. The molecule has 3 aliphatic carbocycles. The molecular weight excluding hydrogens is 837 g/mol. The van der Waals surface area contributed by atoms with Gasteiger partial charge in [0.25, 0.3) is 0 Å². The first kappa shape index (κ1) is 49.6. The predicted molar refractivity (Wildman–Crippen MR) is 246 cm³/mol. The second-order valence-corrected chi connectivity index (χ2v) is 20.7. The number of hydrogen-bond acceptors (Lipinski definition) is 10. The molecule has 18 heteroatoms. The summed E-state index contributed by atoms with van der Waals surface area (Å²) in [5, 5.41) is 14.0. The highest BCUT2D eigenvalue weighted by molar-refractivity contribution is 6.05. The lowest BCUT2D eigenvalue weighted by Gasteiger charge is -2.67. The number of aliphatic imine (C=N–C) groups is 2. The molecule has 1 aliphatic heterocycles. The Labute approximate surface area is 380 Å². The molecule has 0 unspecified atom stereocenters. The standard InChI is InChI=1S/C47H64N8O10/c1-42(2,3)62-38(58)51-36(52-39(59)63-43(4,5)6)48-25-29-13-17-32(18-14-29)49-34(56)46-26-47(27-46,28-46)35(57)50-33-19-15-30(16-20-33)31-21-23-55(24-22-31)37(53-40(60)64-44(7,8)9)54-41(61)65-45(10,11)12/h13-21H,22-28H2,1-12H3,(H,49,56)(H,50,57)(H,53,54,60,61)(H2,48,51,52,58,59). The smallest absolute Gasteiger partial charge is 0.437 e. The second kappa shape index (κ2) is 18.9. The van der Waals surface area contributed by atoms with E-state index in [4.69, 9.17) is 18.9 Å². The van der Waals surface area contributed by atoms with Crippen LogP contribution in [0.2, 0.25) is 0 Å². The molecule has 18 nitrogen and oxygen atoms in total. The second-order valence-electron chi connectivity index (χ2n) is 20.7. The van der Waals surface area contributed by atoms with Gasteiger partial charge in [0.2, 0.25) is 23.7 Å². The van der Waals surface area contributed by atoms with Gasteiger partial charge in [-0.2, -0.15) is 0 Å². The number of carbonyl (C=O) groups excluding carboxylic acids is 6. The minimum absolute atomic E-state index is 0.0331. The molecule has 5 N–H and O–H groups in total. The summed E-state index contributed by atoms with van der Waals surface area (Å²) in [4.78, 5) is 86.5. The van der Waals surface area contributed by atoms with Crippen LogP contribution in [-0.4, -0.2) is 88.5 Å². The maximum Gasteiger partial charge on any atom is 0.437 e. The molecule has 3 fully saturated rings. The Kier molecular flexibility index (Phi) is 14.4. The summed E-state index contributed by atoms with van der Waals surface area (Å²) in [5.74, 6) is -0.369. The van der Waals surface area contributed by atoms with Gasteiger partial charge >= 0.3 is 24.4 Å². The van der Waals surface area contributed by atoms with Crippen molar-refractivity contribution in [2.75, 3.05) is 23.7 Å². The van der Waals surface area contributed by atoms with Gasteiger partial charge in [0, 0.05) is 31.0 Å². The fourth-order valence-electron chi connectivity index (χ4n) is 7.41. The molecule has 0 atom stereocenters. The average Bonchev–Trinajstić information content (AvgIpc) is 3.10. The number of nitrogens with one attached hydrogen (secondary N) is 5. The van der Waals surface area contributed by atoms with Crippen LogP contribution in [0.5, 0.6) is 0 Å². The zero-order chi connectivity index (χ0) is 48.2. The number of amides is 6. The summed E-state index contributed by atoms with van der Waals surface area (Å²) in [6.45, 7) is 21.7. The molecule has 352 valence electrons. The predicted octanol–water partition coefficient (Wildman–Crippen LogP) is 8.24. The van der Waals surface area contributed by atoms with Gasteiger partial charge in [0.15, 0.2) is 0 Å². The molecule has 2 aromatic carbocycles. The summed E-state index contributed by atoms with van der Waals surface area (Å²) >= 11 is 0. The van der Waals surface area contributed by atoms with Crippen molar-refractivity contribution in [2.24, 2.45) is 20.8 Å². The molecule has 0 radical (unpaired) electrons. The van der Waals surface area contributed by atoms with Crippen molar-refractivity contribution < 1.29 is 47.7 Å². The minimum atomic E-state index is -0.891. The molecule has 2 bridgehead atoms. The number of guanidine groups is 2. The molecule has 65 heavy (non-hydrogen) atoms. The van der Waals surface area contributed by atoms with E-state index in [2.05, 4.69) is 36.6 Å². The monoisotopic (exact) mass is 900 g/mol. The van der Waals surface area contributed by atoms with Crippen molar-refractivity contribution in [3.63, 3.8) is 0 Å². The van der Waals surface area contributed by atoms with Gasteiger partial charge in [0.05, 0.1) is 10.8 Å². The summed E-state index contributed by atoms with van der Waals surface area (Å²) in [7, 11) is 0. The highest BCUT2D eigenvalue weighted by atomic mass is 16.6.